The predicted molar refractivity (Wildman–Crippen MR) is 63.6 cm³/mol. The summed E-state index contributed by atoms with van der Waals surface area (Å²) < 4.78 is 51.3. The molecule has 1 heterocycles. The average Bonchev–Trinajstić information content (AvgIpc) is 2.80. The summed E-state index contributed by atoms with van der Waals surface area (Å²) in [4.78, 5) is 6.21. The van der Waals surface area contributed by atoms with Crippen molar-refractivity contribution in [3.05, 3.63) is 48.1 Å². The summed E-state index contributed by atoms with van der Waals surface area (Å²) >= 11 is 0. The number of benzene rings is 1. The van der Waals surface area contributed by atoms with E-state index in [-0.39, 0.29) is 6.54 Å². The lowest BCUT2D eigenvalue weighted by molar-refractivity contribution is 0.456. The number of nitrogens with zero attached hydrogens (tertiary/aromatic N) is 2. The smallest absolute Gasteiger partial charge is 0.243 e. The third-order valence-electron chi connectivity index (χ3n) is 2.47. The van der Waals surface area contributed by atoms with Crippen LogP contribution in [0.1, 0.15) is 5.82 Å². The number of hydrogen-bond acceptors (Lipinski definition) is 3. The second-order valence-corrected chi connectivity index (χ2v) is 5.95. The quantitative estimate of drug-likeness (QED) is 0.927. The highest BCUT2D eigenvalue weighted by atomic mass is 32.2. The second kappa shape index (κ2) is 5.06. The van der Waals surface area contributed by atoms with E-state index in [9.17, 15) is 17.2 Å². The molecule has 5 nitrogen and oxygen atoms in total. The van der Waals surface area contributed by atoms with Gasteiger partial charge in [-0.2, -0.15) is 4.31 Å². The zero-order valence-corrected chi connectivity index (χ0v) is 10.8. The first-order valence-electron chi connectivity index (χ1n) is 5.30. The van der Waals surface area contributed by atoms with Crippen molar-refractivity contribution in [2.75, 3.05) is 7.05 Å². The van der Waals surface area contributed by atoms with Crippen LogP contribution in [-0.2, 0) is 16.6 Å². The fourth-order valence-corrected chi connectivity index (χ4v) is 2.71. The molecule has 19 heavy (non-hydrogen) atoms. The van der Waals surface area contributed by atoms with Gasteiger partial charge >= 0.3 is 0 Å². The number of sulfonamides is 1. The van der Waals surface area contributed by atoms with Gasteiger partial charge < -0.3 is 4.98 Å². The summed E-state index contributed by atoms with van der Waals surface area (Å²) in [5.41, 5.74) is 0. The minimum atomic E-state index is -3.97. The molecule has 0 aliphatic rings. The fraction of sp³-hybridized carbons (Fsp3) is 0.182. The lowest BCUT2D eigenvalue weighted by Gasteiger charge is -2.16. The van der Waals surface area contributed by atoms with Crippen LogP contribution in [0.5, 0.6) is 0 Å². The third kappa shape index (κ3) is 2.96. The maximum Gasteiger partial charge on any atom is 0.243 e. The van der Waals surface area contributed by atoms with Crippen LogP contribution in [0.2, 0.25) is 0 Å². The van der Waals surface area contributed by atoms with Crippen molar-refractivity contribution >= 4 is 10.0 Å². The minimum absolute atomic E-state index is 0.0204. The lowest BCUT2D eigenvalue weighted by atomic mass is 10.3. The highest BCUT2D eigenvalue weighted by molar-refractivity contribution is 7.89. The molecule has 0 unspecified atom stereocenters. The van der Waals surface area contributed by atoms with Gasteiger partial charge in [0.2, 0.25) is 10.0 Å². The van der Waals surface area contributed by atoms with Crippen LogP contribution >= 0.6 is 0 Å². The Labute approximate surface area is 108 Å². The van der Waals surface area contributed by atoms with Crippen molar-refractivity contribution < 1.29 is 17.2 Å². The van der Waals surface area contributed by atoms with Crippen LogP contribution in [0.25, 0.3) is 0 Å². The molecule has 0 amide bonds. The number of H-pyrrole nitrogens is 1. The number of halogens is 2. The maximum atomic E-state index is 13.1. The van der Waals surface area contributed by atoms with Gasteiger partial charge in [0, 0.05) is 25.5 Å². The molecule has 0 atom stereocenters. The minimum Gasteiger partial charge on any atom is -0.347 e. The van der Waals surface area contributed by atoms with E-state index < -0.39 is 26.6 Å². The molecule has 0 fully saturated rings. The number of aromatic amines is 1. The van der Waals surface area contributed by atoms with Crippen molar-refractivity contribution in [3.8, 4) is 0 Å². The lowest BCUT2D eigenvalue weighted by Crippen LogP contribution is -2.27. The SMILES string of the molecule is CN(Cc1ncc[nH]1)S(=O)(=O)c1cc(F)cc(F)c1. The van der Waals surface area contributed by atoms with E-state index in [1.807, 2.05) is 0 Å². The Morgan fingerprint density at radius 1 is 1.26 bits per heavy atom. The Morgan fingerprint density at radius 2 is 1.89 bits per heavy atom. The molecular formula is C11H11F2N3O2S. The van der Waals surface area contributed by atoms with Gasteiger partial charge in [-0.3, -0.25) is 0 Å². The summed E-state index contributed by atoms with van der Waals surface area (Å²) in [5, 5.41) is 0. The Bertz CT molecular complexity index is 651. The maximum absolute atomic E-state index is 13.1. The van der Waals surface area contributed by atoms with Crippen molar-refractivity contribution in [1.29, 1.82) is 0 Å². The molecule has 1 aromatic carbocycles. The topological polar surface area (TPSA) is 66.1 Å². The highest BCUT2D eigenvalue weighted by Crippen LogP contribution is 2.18. The van der Waals surface area contributed by atoms with E-state index in [2.05, 4.69) is 9.97 Å². The van der Waals surface area contributed by atoms with Crippen molar-refractivity contribution in [2.45, 2.75) is 11.4 Å². The van der Waals surface area contributed by atoms with Gasteiger partial charge in [-0.15, -0.1) is 0 Å². The molecule has 1 aromatic heterocycles. The largest absolute Gasteiger partial charge is 0.347 e. The summed E-state index contributed by atoms with van der Waals surface area (Å²) in [5.74, 6) is -1.45. The van der Waals surface area contributed by atoms with Crippen LogP contribution in [0, 0.1) is 11.6 Å². The molecule has 2 rings (SSSR count). The number of rotatable bonds is 4. The summed E-state index contributed by atoms with van der Waals surface area (Å²) in [7, 11) is -2.66. The molecule has 0 spiro atoms. The second-order valence-electron chi connectivity index (χ2n) is 3.90. The van der Waals surface area contributed by atoms with E-state index in [0.29, 0.717) is 11.9 Å². The van der Waals surface area contributed by atoms with Crippen LogP contribution < -0.4 is 0 Å². The van der Waals surface area contributed by atoms with Crippen LogP contribution in [0.3, 0.4) is 0 Å². The molecular weight excluding hydrogens is 276 g/mol. The molecule has 2 aromatic rings. The number of aromatic nitrogens is 2. The average molecular weight is 287 g/mol. The molecule has 0 saturated carbocycles. The van der Waals surface area contributed by atoms with Crippen molar-refractivity contribution in [1.82, 2.24) is 14.3 Å². The van der Waals surface area contributed by atoms with E-state index in [1.54, 1.807) is 6.20 Å². The zero-order chi connectivity index (χ0) is 14.0. The van der Waals surface area contributed by atoms with Crippen molar-refractivity contribution in [2.24, 2.45) is 0 Å². The normalized spacial score (nSPS) is 12.0. The van der Waals surface area contributed by atoms with Crippen LogP contribution in [-0.4, -0.2) is 29.7 Å². The third-order valence-corrected chi connectivity index (χ3v) is 4.25. The van der Waals surface area contributed by atoms with E-state index in [4.69, 9.17) is 0 Å². The Hall–Kier alpha value is -1.80. The molecule has 0 aliphatic heterocycles. The van der Waals surface area contributed by atoms with E-state index >= 15 is 0 Å². The first-order chi connectivity index (χ1) is 8.89. The van der Waals surface area contributed by atoms with Gasteiger partial charge in [0.25, 0.3) is 0 Å². The Kier molecular flexibility index (Phi) is 3.63. The summed E-state index contributed by atoms with van der Waals surface area (Å²) in [6.07, 6.45) is 3.04. The Morgan fingerprint density at radius 3 is 2.42 bits per heavy atom. The van der Waals surface area contributed by atoms with Crippen LogP contribution in [0.4, 0.5) is 8.78 Å². The van der Waals surface area contributed by atoms with Gasteiger partial charge in [0.05, 0.1) is 11.4 Å². The van der Waals surface area contributed by atoms with Gasteiger partial charge in [-0.1, -0.05) is 0 Å². The van der Waals surface area contributed by atoms with Gasteiger partial charge in [-0.25, -0.2) is 22.2 Å². The van der Waals surface area contributed by atoms with Gasteiger partial charge in [0.15, 0.2) is 0 Å². The molecule has 0 aliphatic carbocycles. The van der Waals surface area contributed by atoms with Gasteiger partial charge in [0.1, 0.15) is 17.5 Å². The monoisotopic (exact) mass is 287 g/mol. The van der Waals surface area contributed by atoms with Crippen molar-refractivity contribution in [3.63, 3.8) is 0 Å². The van der Waals surface area contributed by atoms with Gasteiger partial charge in [-0.05, 0) is 12.1 Å². The summed E-state index contributed by atoms with van der Waals surface area (Å²) in [6.45, 7) is -0.0204. The fourth-order valence-electron chi connectivity index (χ4n) is 1.54. The number of imidazole rings is 1. The number of hydrogen-bond donors (Lipinski definition) is 1. The molecule has 0 saturated heterocycles. The Balaban J connectivity index is 2.31. The molecule has 0 bridgehead atoms. The zero-order valence-electron chi connectivity index (χ0n) is 9.97. The molecule has 102 valence electrons. The first-order valence-corrected chi connectivity index (χ1v) is 6.74. The van der Waals surface area contributed by atoms with Crippen LogP contribution in [0.15, 0.2) is 35.5 Å². The molecule has 8 heteroatoms. The summed E-state index contributed by atoms with van der Waals surface area (Å²) in [6, 6.07) is 2.17. The molecule has 1 N–H and O–H groups in total. The van der Waals surface area contributed by atoms with E-state index in [0.717, 1.165) is 16.4 Å². The highest BCUT2D eigenvalue weighted by Gasteiger charge is 2.23. The predicted octanol–water partition coefficient (Wildman–Crippen LogP) is 1.51. The number of nitrogens with one attached hydrogen (secondary N) is 1. The standard InChI is InChI=1S/C11H11F2N3O2S/c1-16(7-11-14-2-3-15-11)19(17,18)10-5-8(12)4-9(13)6-10/h2-6H,7H2,1H3,(H,14,15). The van der Waals surface area contributed by atoms with E-state index in [1.165, 1.54) is 13.2 Å². The molecule has 0 radical (unpaired) electrons. The first kappa shape index (κ1) is 13.6.